The normalized spacial score (nSPS) is 10.6. The highest BCUT2D eigenvalue weighted by Gasteiger charge is 2.15. The van der Waals surface area contributed by atoms with Gasteiger partial charge in [0.25, 0.3) is 5.91 Å². The summed E-state index contributed by atoms with van der Waals surface area (Å²) in [6.45, 7) is 4.99. The quantitative estimate of drug-likeness (QED) is 0.697. The Hall–Kier alpha value is -2.86. The number of amides is 2. The van der Waals surface area contributed by atoms with Gasteiger partial charge in [-0.05, 0) is 29.7 Å². The summed E-state index contributed by atoms with van der Waals surface area (Å²) < 4.78 is 5.46. The summed E-state index contributed by atoms with van der Waals surface area (Å²) in [5.74, 6) is -0.0627. The number of rotatable bonds is 9. The second-order valence-electron chi connectivity index (χ2n) is 7.26. The summed E-state index contributed by atoms with van der Waals surface area (Å²) in [6.07, 6.45) is 0. The van der Waals surface area contributed by atoms with Gasteiger partial charge < -0.3 is 20.3 Å². The highest BCUT2D eigenvalue weighted by molar-refractivity contribution is 6.02. The van der Waals surface area contributed by atoms with Gasteiger partial charge in [0.2, 0.25) is 5.91 Å². The number of hydrogen-bond donors (Lipinski definition) is 2. The molecule has 6 nitrogen and oxygen atoms in total. The SMILES string of the molecule is CC(C)CNC(=O)c1cc(NC(=O)COCc2ccccc2)ccc1N(C)C. The molecule has 0 unspecified atom stereocenters. The van der Waals surface area contributed by atoms with E-state index in [1.165, 1.54) is 0 Å². The molecular weight excluding hydrogens is 354 g/mol. The molecule has 150 valence electrons. The van der Waals surface area contributed by atoms with Gasteiger partial charge in [-0.3, -0.25) is 9.59 Å². The Morgan fingerprint density at radius 2 is 1.79 bits per heavy atom. The van der Waals surface area contributed by atoms with Crippen LogP contribution in [-0.2, 0) is 16.1 Å². The number of carbonyl (C=O) groups is 2. The first-order chi connectivity index (χ1) is 13.4. The van der Waals surface area contributed by atoms with E-state index in [1.54, 1.807) is 12.1 Å². The lowest BCUT2D eigenvalue weighted by atomic mass is 10.1. The summed E-state index contributed by atoms with van der Waals surface area (Å²) in [5, 5.41) is 5.72. The van der Waals surface area contributed by atoms with Crippen LogP contribution in [0.2, 0.25) is 0 Å². The van der Waals surface area contributed by atoms with E-state index in [0.29, 0.717) is 30.3 Å². The first-order valence-electron chi connectivity index (χ1n) is 9.38. The molecule has 0 aliphatic rings. The molecule has 0 aliphatic heterocycles. The number of anilines is 2. The van der Waals surface area contributed by atoms with Gasteiger partial charge in [0.05, 0.1) is 12.2 Å². The zero-order valence-electron chi connectivity index (χ0n) is 17.0. The van der Waals surface area contributed by atoms with Crippen molar-refractivity contribution in [3.05, 3.63) is 59.7 Å². The van der Waals surface area contributed by atoms with Crippen molar-refractivity contribution in [1.82, 2.24) is 5.32 Å². The van der Waals surface area contributed by atoms with Crippen LogP contribution < -0.4 is 15.5 Å². The minimum Gasteiger partial charge on any atom is -0.377 e. The topological polar surface area (TPSA) is 70.7 Å². The maximum absolute atomic E-state index is 12.6. The van der Waals surface area contributed by atoms with Crippen molar-refractivity contribution >= 4 is 23.2 Å². The number of ether oxygens (including phenoxy) is 1. The largest absolute Gasteiger partial charge is 0.377 e. The van der Waals surface area contributed by atoms with E-state index in [-0.39, 0.29) is 18.4 Å². The highest BCUT2D eigenvalue weighted by atomic mass is 16.5. The maximum atomic E-state index is 12.6. The van der Waals surface area contributed by atoms with E-state index in [9.17, 15) is 9.59 Å². The van der Waals surface area contributed by atoms with E-state index in [1.807, 2.05) is 69.2 Å². The molecule has 0 aliphatic carbocycles. The van der Waals surface area contributed by atoms with Crippen molar-refractivity contribution in [2.24, 2.45) is 5.92 Å². The summed E-state index contributed by atoms with van der Waals surface area (Å²) in [5.41, 5.74) is 2.89. The first kappa shape index (κ1) is 21.4. The smallest absolute Gasteiger partial charge is 0.253 e. The number of nitrogens with zero attached hydrogens (tertiary/aromatic N) is 1. The van der Waals surface area contributed by atoms with Crippen LogP contribution in [0.25, 0.3) is 0 Å². The van der Waals surface area contributed by atoms with Crippen LogP contribution in [0.15, 0.2) is 48.5 Å². The Labute approximate surface area is 166 Å². The number of hydrogen-bond acceptors (Lipinski definition) is 4. The Morgan fingerprint density at radius 3 is 2.43 bits per heavy atom. The monoisotopic (exact) mass is 383 g/mol. The Kier molecular flexibility index (Phi) is 8.02. The average Bonchev–Trinajstić information content (AvgIpc) is 2.66. The average molecular weight is 383 g/mol. The van der Waals surface area contributed by atoms with Gasteiger partial charge in [-0.2, -0.15) is 0 Å². The van der Waals surface area contributed by atoms with Crippen molar-refractivity contribution in [3.63, 3.8) is 0 Å². The molecule has 2 aromatic carbocycles. The number of nitrogens with one attached hydrogen (secondary N) is 2. The van der Waals surface area contributed by atoms with Crippen LogP contribution in [0.5, 0.6) is 0 Å². The summed E-state index contributed by atoms with van der Waals surface area (Å²) in [6, 6.07) is 15.0. The molecule has 0 radical (unpaired) electrons. The molecule has 0 bridgehead atoms. The summed E-state index contributed by atoms with van der Waals surface area (Å²) >= 11 is 0. The molecule has 28 heavy (non-hydrogen) atoms. The van der Waals surface area contributed by atoms with E-state index >= 15 is 0 Å². The van der Waals surface area contributed by atoms with Crippen LogP contribution in [0.1, 0.15) is 29.8 Å². The van der Waals surface area contributed by atoms with Gasteiger partial charge in [0.1, 0.15) is 6.61 Å². The predicted octanol–water partition coefficient (Wildman–Crippen LogP) is 3.29. The third-order valence-electron chi connectivity index (χ3n) is 4.02. The predicted molar refractivity (Wildman–Crippen MR) is 113 cm³/mol. The van der Waals surface area contributed by atoms with Gasteiger partial charge in [0, 0.05) is 32.0 Å². The van der Waals surface area contributed by atoms with Gasteiger partial charge >= 0.3 is 0 Å². The second-order valence-corrected chi connectivity index (χ2v) is 7.26. The lowest BCUT2D eigenvalue weighted by molar-refractivity contribution is -0.121. The molecule has 2 aromatic rings. The van der Waals surface area contributed by atoms with Crippen LogP contribution in [0.3, 0.4) is 0 Å². The minimum atomic E-state index is -0.262. The van der Waals surface area contributed by atoms with Crippen LogP contribution in [0.4, 0.5) is 11.4 Å². The van der Waals surface area contributed by atoms with Gasteiger partial charge in [0.15, 0.2) is 0 Å². The fourth-order valence-electron chi connectivity index (χ4n) is 2.61. The minimum absolute atomic E-state index is 0.0563. The summed E-state index contributed by atoms with van der Waals surface area (Å²) in [4.78, 5) is 26.6. The second kappa shape index (κ2) is 10.5. The zero-order valence-corrected chi connectivity index (χ0v) is 17.0. The molecule has 0 aromatic heterocycles. The van der Waals surface area contributed by atoms with Gasteiger partial charge in [-0.25, -0.2) is 0 Å². The Morgan fingerprint density at radius 1 is 1.07 bits per heavy atom. The van der Waals surface area contributed by atoms with Crippen molar-refractivity contribution < 1.29 is 14.3 Å². The molecule has 0 saturated heterocycles. The molecule has 0 spiro atoms. The fraction of sp³-hybridized carbons (Fsp3) is 0.364. The van der Waals surface area contributed by atoms with Crippen molar-refractivity contribution in [2.45, 2.75) is 20.5 Å². The Bertz CT molecular complexity index is 789. The van der Waals surface area contributed by atoms with Crippen LogP contribution in [-0.4, -0.2) is 39.1 Å². The number of carbonyl (C=O) groups excluding carboxylic acids is 2. The molecule has 6 heteroatoms. The maximum Gasteiger partial charge on any atom is 0.253 e. The molecule has 0 heterocycles. The first-order valence-corrected chi connectivity index (χ1v) is 9.38. The highest BCUT2D eigenvalue weighted by Crippen LogP contribution is 2.23. The third kappa shape index (κ3) is 6.70. The number of benzene rings is 2. The van der Waals surface area contributed by atoms with Crippen LogP contribution >= 0.6 is 0 Å². The van der Waals surface area contributed by atoms with E-state index in [2.05, 4.69) is 10.6 Å². The molecule has 2 N–H and O–H groups in total. The lowest BCUT2D eigenvalue weighted by Gasteiger charge is -2.19. The summed E-state index contributed by atoms with van der Waals surface area (Å²) in [7, 11) is 3.76. The van der Waals surface area contributed by atoms with Crippen LogP contribution in [0, 0.1) is 5.92 Å². The zero-order chi connectivity index (χ0) is 20.5. The third-order valence-corrected chi connectivity index (χ3v) is 4.02. The van der Waals surface area contributed by atoms with Gasteiger partial charge in [-0.1, -0.05) is 44.2 Å². The Balaban J connectivity index is 1.99. The molecule has 0 fully saturated rings. The lowest BCUT2D eigenvalue weighted by Crippen LogP contribution is -2.29. The van der Waals surface area contributed by atoms with Crippen molar-refractivity contribution in [2.75, 3.05) is 37.5 Å². The van der Waals surface area contributed by atoms with Crippen molar-refractivity contribution in [3.8, 4) is 0 Å². The van der Waals surface area contributed by atoms with E-state index in [4.69, 9.17) is 4.74 Å². The van der Waals surface area contributed by atoms with E-state index in [0.717, 1.165) is 11.3 Å². The molecule has 0 atom stereocenters. The molecule has 2 rings (SSSR count). The van der Waals surface area contributed by atoms with E-state index < -0.39 is 0 Å². The molecule has 2 amide bonds. The van der Waals surface area contributed by atoms with Gasteiger partial charge in [-0.15, -0.1) is 0 Å². The molecule has 0 saturated carbocycles. The fourth-order valence-corrected chi connectivity index (χ4v) is 2.61. The molecular formula is C22H29N3O3. The van der Waals surface area contributed by atoms with Crippen molar-refractivity contribution in [1.29, 1.82) is 0 Å². The standard InChI is InChI=1S/C22H29N3O3/c1-16(2)13-23-22(27)19-12-18(10-11-20(19)25(3)4)24-21(26)15-28-14-17-8-6-5-7-9-17/h5-12,16H,13-15H2,1-4H3,(H,23,27)(H,24,26).